The molecule has 0 bridgehead atoms. The fourth-order valence-corrected chi connectivity index (χ4v) is 3.11. The van der Waals surface area contributed by atoms with Crippen LogP contribution < -0.4 is 4.72 Å². The van der Waals surface area contributed by atoms with Gasteiger partial charge in [-0.2, -0.15) is 0 Å². The molecule has 1 aromatic rings. The number of hydrogen-bond acceptors (Lipinski definition) is 3. The van der Waals surface area contributed by atoms with E-state index >= 15 is 0 Å². The van der Waals surface area contributed by atoms with Crippen molar-refractivity contribution in [2.75, 3.05) is 0 Å². The van der Waals surface area contributed by atoms with Crippen LogP contribution in [0.1, 0.15) is 25.7 Å². The molecule has 0 radical (unpaired) electrons. The predicted molar refractivity (Wildman–Crippen MR) is 56.8 cm³/mol. The molecule has 0 atom stereocenters. The summed E-state index contributed by atoms with van der Waals surface area (Å²) in [6.07, 6.45) is 7.05. The highest BCUT2D eigenvalue weighted by Crippen LogP contribution is 2.19. The fourth-order valence-electron chi connectivity index (χ4n) is 1.84. The quantitative estimate of drug-likeness (QED) is 0.845. The summed E-state index contributed by atoms with van der Waals surface area (Å²) < 4.78 is 26.4. The number of hydrogen-bond donors (Lipinski definition) is 1. The Morgan fingerprint density at radius 3 is 2.67 bits per heavy atom. The minimum Gasteiger partial charge on any atom is -0.263 e. The Kier molecular flexibility index (Phi) is 3.02. The van der Waals surface area contributed by atoms with Crippen molar-refractivity contribution in [2.24, 2.45) is 0 Å². The van der Waals surface area contributed by atoms with E-state index in [1.54, 1.807) is 18.3 Å². The van der Waals surface area contributed by atoms with E-state index in [1.807, 2.05) is 0 Å². The van der Waals surface area contributed by atoms with Crippen LogP contribution in [-0.2, 0) is 10.0 Å². The molecule has 1 heterocycles. The summed E-state index contributed by atoms with van der Waals surface area (Å²) in [6, 6.07) is 3.29. The van der Waals surface area contributed by atoms with Crippen LogP contribution in [-0.4, -0.2) is 19.4 Å². The third kappa shape index (κ3) is 2.54. The van der Waals surface area contributed by atoms with Crippen LogP contribution >= 0.6 is 0 Å². The second-order valence-corrected chi connectivity index (χ2v) is 5.51. The Morgan fingerprint density at radius 2 is 2.07 bits per heavy atom. The summed E-state index contributed by atoms with van der Waals surface area (Å²) in [7, 11) is -3.36. The first-order valence-corrected chi connectivity index (χ1v) is 6.59. The minimum absolute atomic E-state index is 0.107. The van der Waals surface area contributed by atoms with E-state index in [2.05, 4.69) is 9.71 Å². The van der Waals surface area contributed by atoms with E-state index in [1.165, 1.54) is 6.20 Å². The standard InChI is InChI=1S/C10H14N2O2S/c13-15(14,10-6-3-7-11-8-10)12-9-4-1-2-5-9/h3,6-9,12H,1-2,4-5H2. The number of sulfonamides is 1. The Morgan fingerprint density at radius 1 is 1.33 bits per heavy atom. The molecule has 0 aromatic carbocycles. The first-order chi connectivity index (χ1) is 7.18. The normalized spacial score (nSPS) is 18.1. The molecule has 82 valence electrons. The van der Waals surface area contributed by atoms with Gasteiger partial charge in [-0.05, 0) is 25.0 Å². The molecule has 1 aromatic heterocycles. The molecule has 0 amide bonds. The molecule has 4 nitrogen and oxygen atoms in total. The third-order valence-corrected chi connectivity index (χ3v) is 4.13. The van der Waals surface area contributed by atoms with Crippen LogP contribution in [0.25, 0.3) is 0 Å². The monoisotopic (exact) mass is 226 g/mol. The van der Waals surface area contributed by atoms with Gasteiger partial charge in [0, 0.05) is 18.4 Å². The van der Waals surface area contributed by atoms with Gasteiger partial charge in [-0.25, -0.2) is 13.1 Å². The Bertz CT molecular complexity index is 410. The van der Waals surface area contributed by atoms with Crippen LogP contribution in [0.4, 0.5) is 0 Å². The molecule has 15 heavy (non-hydrogen) atoms. The van der Waals surface area contributed by atoms with Crippen molar-refractivity contribution in [3.8, 4) is 0 Å². The van der Waals surface area contributed by atoms with Gasteiger partial charge in [0.15, 0.2) is 0 Å². The number of rotatable bonds is 3. The van der Waals surface area contributed by atoms with Gasteiger partial charge in [-0.1, -0.05) is 12.8 Å². The van der Waals surface area contributed by atoms with Gasteiger partial charge in [-0.15, -0.1) is 0 Å². The van der Waals surface area contributed by atoms with Crippen molar-refractivity contribution in [3.05, 3.63) is 24.5 Å². The smallest absolute Gasteiger partial charge is 0.242 e. The summed E-state index contributed by atoms with van der Waals surface area (Å²) in [5, 5.41) is 0. The van der Waals surface area contributed by atoms with Gasteiger partial charge < -0.3 is 0 Å². The van der Waals surface area contributed by atoms with Gasteiger partial charge >= 0.3 is 0 Å². The molecule has 0 spiro atoms. The van der Waals surface area contributed by atoms with Gasteiger partial charge in [0.1, 0.15) is 4.90 Å². The highest BCUT2D eigenvalue weighted by molar-refractivity contribution is 7.89. The SMILES string of the molecule is O=S(=O)(NC1CCCC1)c1cccnc1. The van der Waals surface area contributed by atoms with E-state index in [0.29, 0.717) is 0 Å². The molecule has 5 heteroatoms. The second-order valence-electron chi connectivity index (χ2n) is 3.79. The Balaban J connectivity index is 2.13. The van der Waals surface area contributed by atoms with E-state index in [9.17, 15) is 8.42 Å². The summed E-state index contributed by atoms with van der Waals surface area (Å²) in [4.78, 5) is 4.05. The zero-order chi connectivity index (χ0) is 10.7. The average molecular weight is 226 g/mol. The molecule has 1 fully saturated rings. The lowest BCUT2D eigenvalue weighted by Crippen LogP contribution is -2.32. The minimum atomic E-state index is -3.36. The molecule has 1 aliphatic carbocycles. The lowest BCUT2D eigenvalue weighted by atomic mass is 10.3. The number of pyridine rings is 1. The maximum atomic E-state index is 11.8. The molecule has 2 rings (SSSR count). The number of nitrogens with one attached hydrogen (secondary N) is 1. The van der Waals surface area contributed by atoms with Crippen molar-refractivity contribution in [2.45, 2.75) is 36.6 Å². The summed E-state index contributed by atoms with van der Waals surface area (Å²) in [6.45, 7) is 0. The first-order valence-electron chi connectivity index (χ1n) is 5.11. The van der Waals surface area contributed by atoms with Crippen molar-refractivity contribution >= 4 is 10.0 Å². The molecule has 1 N–H and O–H groups in total. The molecular weight excluding hydrogens is 212 g/mol. The first kappa shape index (κ1) is 10.6. The van der Waals surface area contributed by atoms with Crippen molar-refractivity contribution in [3.63, 3.8) is 0 Å². The molecule has 0 unspecified atom stereocenters. The molecular formula is C10H14N2O2S. The van der Waals surface area contributed by atoms with E-state index in [4.69, 9.17) is 0 Å². The second kappa shape index (κ2) is 4.28. The lowest BCUT2D eigenvalue weighted by molar-refractivity contribution is 0.552. The molecule has 0 aliphatic heterocycles. The van der Waals surface area contributed by atoms with Crippen LogP contribution in [0.3, 0.4) is 0 Å². The summed E-state index contributed by atoms with van der Waals surface area (Å²) in [5.41, 5.74) is 0. The van der Waals surface area contributed by atoms with Crippen LogP contribution in [0.15, 0.2) is 29.4 Å². The average Bonchev–Trinajstić information content (AvgIpc) is 2.71. The van der Waals surface area contributed by atoms with E-state index in [-0.39, 0.29) is 10.9 Å². The van der Waals surface area contributed by atoms with E-state index in [0.717, 1.165) is 25.7 Å². The summed E-state index contributed by atoms with van der Waals surface area (Å²) >= 11 is 0. The lowest BCUT2D eigenvalue weighted by Gasteiger charge is -2.11. The van der Waals surface area contributed by atoms with Crippen molar-refractivity contribution in [1.29, 1.82) is 0 Å². The van der Waals surface area contributed by atoms with Gasteiger partial charge in [0.25, 0.3) is 0 Å². The number of nitrogens with zero attached hydrogens (tertiary/aromatic N) is 1. The van der Waals surface area contributed by atoms with Crippen LogP contribution in [0.2, 0.25) is 0 Å². The Hall–Kier alpha value is -0.940. The fraction of sp³-hybridized carbons (Fsp3) is 0.500. The predicted octanol–water partition coefficient (Wildman–Crippen LogP) is 1.30. The van der Waals surface area contributed by atoms with E-state index < -0.39 is 10.0 Å². The van der Waals surface area contributed by atoms with Crippen molar-refractivity contribution in [1.82, 2.24) is 9.71 Å². The maximum absolute atomic E-state index is 11.8. The molecule has 0 saturated heterocycles. The zero-order valence-corrected chi connectivity index (χ0v) is 9.20. The maximum Gasteiger partial charge on any atom is 0.242 e. The highest BCUT2D eigenvalue weighted by Gasteiger charge is 2.22. The highest BCUT2D eigenvalue weighted by atomic mass is 32.2. The number of aromatic nitrogens is 1. The van der Waals surface area contributed by atoms with Crippen molar-refractivity contribution < 1.29 is 8.42 Å². The molecule has 1 saturated carbocycles. The third-order valence-electron chi connectivity index (χ3n) is 2.62. The van der Waals surface area contributed by atoms with Gasteiger partial charge in [-0.3, -0.25) is 4.98 Å². The Labute approximate surface area is 89.8 Å². The van der Waals surface area contributed by atoms with Crippen LogP contribution in [0, 0.1) is 0 Å². The topological polar surface area (TPSA) is 59.1 Å². The van der Waals surface area contributed by atoms with Crippen LogP contribution in [0.5, 0.6) is 0 Å². The summed E-state index contributed by atoms with van der Waals surface area (Å²) in [5.74, 6) is 0. The van der Waals surface area contributed by atoms with Gasteiger partial charge in [0.2, 0.25) is 10.0 Å². The van der Waals surface area contributed by atoms with Gasteiger partial charge in [0.05, 0.1) is 0 Å². The zero-order valence-electron chi connectivity index (χ0n) is 8.39. The molecule has 1 aliphatic rings. The largest absolute Gasteiger partial charge is 0.263 e.